The van der Waals surface area contributed by atoms with Crippen LogP contribution in [0.5, 0.6) is 0 Å². The molecule has 1 fully saturated rings. The zero-order valence-electron chi connectivity index (χ0n) is 12.9. The monoisotopic (exact) mass is 352 g/mol. The van der Waals surface area contributed by atoms with Crippen LogP contribution in [-0.4, -0.2) is 29.6 Å². The third-order valence-electron chi connectivity index (χ3n) is 3.81. The van der Waals surface area contributed by atoms with Crippen LogP contribution in [0.3, 0.4) is 0 Å². The maximum Gasteiger partial charge on any atom is 0.341 e. The highest BCUT2D eigenvalue weighted by Crippen LogP contribution is 2.45. The van der Waals surface area contributed by atoms with Crippen LogP contribution in [0.25, 0.3) is 0 Å². The molecule has 1 aromatic rings. The molecule has 0 radical (unpaired) electrons. The Balaban J connectivity index is 1.95. The van der Waals surface area contributed by atoms with Crippen molar-refractivity contribution in [1.29, 1.82) is 0 Å². The lowest BCUT2D eigenvalue weighted by Crippen LogP contribution is -2.39. The van der Waals surface area contributed by atoms with E-state index in [1.165, 1.54) is 0 Å². The Kier molecular flexibility index (Phi) is 5.62. The number of rotatable bonds is 7. The van der Waals surface area contributed by atoms with Crippen LogP contribution in [0.2, 0.25) is 5.02 Å². The van der Waals surface area contributed by atoms with Gasteiger partial charge in [0, 0.05) is 10.6 Å². The van der Waals surface area contributed by atoms with Gasteiger partial charge in [-0.1, -0.05) is 30.3 Å². The molecular weight excluding hydrogens is 336 g/mol. The summed E-state index contributed by atoms with van der Waals surface area (Å²) in [6.07, 6.45) is 1.96. The first-order chi connectivity index (χ1) is 11.3. The van der Waals surface area contributed by atoms with Crippen molar-refractivity contribution in [2.45, 2.75) is 31.3 Å². The van der Waals surface area contributed by atoms with Gasteiger partial charge in [-0.3, -0.25) is 4.79 Å². The van der Waals surface area contributed by atoms with E-state index in [-0.39, 0.29) is 12.0 Å². The summed E-state index contributed by atoms with van der Waals surface area (Å²) in [6, 6.07) is 7.08. The van der Waals surface area contributed by atoms with Gasteiger partial charge < -0.3 is 14.6 Å². The lowest BCUT2D eigenvalue weighted by molar-refractivity contribution is -0.171. The Bertz CT molecular complexity index is 660. The smallest absolute Gasteiger partial charge is 0.341 e. The molecule has 1 aliphatic carbocycles. The van der Waals surface area contributed by atoms with Crippen LogP contribution >= 0.6 is 11.6 Å². The van der Waals surface area contributed by atoms with Gasteiger partial charge >= 0.3 is 17.9 Å². The minimum Gasteiger partial charge on any atom is -0.479 e. The van der Waals surface area contributed by atoms with E-state index < -0.39 is 30.1 Å². The lowest BCUT2D eigenvalue weighted by Gasteiger charge is -2.41. The first-order valence-electron chi connectivity index (χ1n) is 7.37. The Morgan fingerprint density at radius 3 is 2.33 bits per heavy atom. The van der Waals surface area contributed by atoms with Crippen molar-refractivity contribution in [2.75, 3.05) is 6.61 Å². The van der Waals surface area contributed by atoms with Crippen LogP contribution in [-0.2, 0) is 29.5 Å². The summed E-state index contributed by atoms with van der Waals surface area (Å²) in [7, 11) is 0. The highest BCUT2D eigenvalue weighted by atomic mass is 35.5. The first-order valence-corrected chi connectivity index (χ1v) is 7.75. The van der Waals surface area contributed by atoms with E-state index in [2.05, 4.69) is 11.3 Å². The molecule has 0 aromatic heterocycles. The van der Waals surface area contributed by atoms with Crippen LogP contribution < -0.4 is 0 Å². The minimum absolute atomic E-state index is 0.146. The number of halogens is 1. The molecule has 1 N–H and O–H groups in total. The van der Waals surface area contributed by atoms with Gasteiger partial charge in [0.1, 0.15) is 5.60 Å². The second kappa shape index (κ2) is 7.49. The molecule has 2 rings (SSSR count). The molecule has 0 heterocycles. The summed E-state index contributed by atoms with van der Waals surface area (Å²) < 4.78 is 10.1. The predicted molar refractivity (Wildman–Crippen MR) is 85.4 cm³/mol. The van der Waals surface area contributed by atoms with Gasteiger partial charge in [0.2, 0.25) is 0 Å². The highest BCUT2D eigenvalue weighted by molar-refractivity contribution is 6.30. The Hall–Kier alpha value is -2.34. The summed E-state index contributed by atoms with van der Waals surface area (Å²) in [5.41, 5.74) is 0.00445. The highest BCUT2D eigenvalue weighted by Gasteiger charge is 2.42. The molecule has 0 saturated heterocycles. The van der Waals surface area contributed by atoms with Crippen molar-refractivity contribution in [3.63, 3.8) is 0 Å². The fourth-order valence-corrected chi connectivity index (χ4v) is 2.56. The van der Waals surface area contributed by atoms with Gasteiger partial charge in [0.05, 0.1) is 6.42 Å². The quantitative estimate of drug-likeness (QED) is 0.599. The van der Waals surface area contributed by atoms with Gasteiger partial charge in [0.25, 0.3) is 0 Å². The molecule has 6 nitrogen and oxygen atoms in total. The van der Waals surface area contributed by atoms with Gasteiger partial charge in [-0.15, -0.1) is 0 Å². The molecule has 1 aromatic carbocycles. The Labute approximate surface area is 144 Å². The van der Waals surface area contributed by atoms with E-state index in [0.717, 1.165) is 12.0 Å². The number of hydrogen-bond donors (Lipinski definition) is 1. The number of esters is 2. The summed E-state index contributed by atoms with van der Waals surface area (Å²) >= 11 is 5.87. The molecule has 0 spiro atoms. The number of aliphatic carboxylic acids is 1. The number of carboxylic acids is 1. The molecule has 0 bridgehead atoms. The first kappa shape index (κ1) is 18.0. The van der Waals surface area contributed by atoms with E-state index in [0.29, 0.717) is 17.9 Å². The topological polar surface area (TPSA) is 89.9 Å². The third-order valence-corrected chi connectivity index (χ3v) is 4.07. The van der Waals surface area contributed by atoms with Crippen LogP contribution in [0.4, 0.5) is 0 Å². The fourth-order valence-electron chi connectivity index (χ4n) is 2.43. The molecule has 1 aliphatic rings. The Morgan fingerprint density at radius 1 is 1.21 bits per heavy atom. The standard InChI is InChI=1S/C17H17ClO6/c1-11(16(22)23-10-14(19)20)9-15(21)24-17(7-2-8-17)12-3-5-13(18)6-4-12/h3-6H,1-2,7-10H2,(H,19,20). The molecule has 1 saturated carbocycles. The van der Waals surface area contributed by atoms with Crippen molar-refractivity contribution < 1.29 is 29.0 Å². The van der Waals surface area contributed by atoms with E-state index in [9.17, 15) is 14.4 Å². The van der Waals surface area contributed by atoms with Gasteiger partial charge in [-0.05, 0) is 37.0 Å². The zero-order chi connectivity index (χ0) is 17.7. The van der Waals surface area contributed by atoms with Crippen LogP contribution in [0, 0.1) is 0 Å². The van der Waals surface area contributed by atoms with Crippen LogP contribution in [0.1, 0.15) is 31.2 Å². The fraction of sp³-hybridized carbons (Fsp3) is 0.353. The van der Waals surface area contributed by atoms with Crippen LogP contribution in [0.15, 0.2) is 36.4 Å². The van der Waals surface area contributed by atoms with E-state index in [4.69, 9.17) is 21.4 Å². The van der Waals surface area contributed by atoms with Gasteiger partial charge in [0.15, 0.2) is 6.61 Å². The molecule has 0 amide bonds. The lowest BCUT2D eigenvalue weighted by atomic mass is 9.75. The largest absolute Gasteiger partial charge is 0.479 e. The molecule has 128 valence electrons. The number of carbonyl (C=O) groups excluding carboxylic acids is 2. The molecule has 24 heavy (non-hydrogen) atoms. The summed E-state index contributed by atoms with van der Waals surface area (Å²) in [4.78, 5) is 34.0. The van der Waals surface area contributed by atoms with Crippen molar-refractivity contribution in [3.8, 4) is 0 Å². The van der Waals surface area contributed by atoms with E-state index >= 15 is 0 Å². The second-order valence-electron chi connectivity index (χ2n) is 5.58. The summed E-state index contributed by atoms with van der Waals surface area (Å²) in [6.45, 7) is 2.67. The van der Waals surface area contributed by atoms with Crippen molar-refractivity contribution in [1.82, 2.24) is 0 Å². The maximum absolute atomic E-state index is 12.1. The molecular formula is C17H17ClO6. The Morgan fingerprint density at radius 2 is 1.83 bits per heavy atom. The van der Waals surface area contributed by atoms with Crippen molar-refractivity contribution >= 4 is 29.5 Å². The second-order valence-corrected chi connectivity index (χ2v) is 6.02. The van der Waals surface area contributed by atoms with Crippen molar-refractivity contribution in [2.24, 2.45) is 0 Å². The number of carbonyl (C=O) groups is 3. The molecule has 0 aliphatic heterocycles. The number of carboxylic acid groups (broad SMARTS) is 1. The molecule has 0 unspecified atom stereocenters. The summed E-state index contributed by atoms with van der Waals surface area (Å²) in [5.74, 6) is -2.82. The van der Waals surface area contributed by atoms with E-state index in [1.807, 2.05) is 12.1 Å². The predicted octanol–water partition coefficient (Wildman–Crippen LogP) is 2.84. The SMILES string of the molecule is C=C(CC(=O)OC1(c2ccc(Cl)cc2)CCC1)C(=O)OCC(=O)O. The normalized spacial score (nSPS) is 15.0. The minimum atomic E-state index is -1.28. The number of ether oxygens (including phenoxy) is 2. The summed E-state index contributed by atoms with van der Waals surface area (Å²) in [5, 5.41) is 9.05. The third kappa shape index (κ3) is 4.35. The van der Waals surface area contributed by atoms with E-state index in [1.54, 1.807) is 12.1 Å². The van der Waals surface area contributed by atoms with Gasteiger partial charge in [-0.25, -0.2) is 9.59 Å². The number of hydrogen-bond acceptors (Lipinski definition) is 5. The molecule has 7 heteroatoms. The average Bonchev–Trinajstić information content (AvgIpc) is 2.49. The average molecular weight is 353 g/mol. The molecule has 0 atom stereocenters. The zero-order valence-corrected chi connectivity index (χ0v) is 13.7. The number of benzene rings is 1. The van der Waals surface area contributed by atoms with Gasteiger partial charge in [-0.2, -0.15) is 0 Å². The maximum atomic E-state index is 12.1. The van der Waals surface area contributed by atoms with Crippen molar-refractivity contribution in [3.05, 3.63) is 47.0 Å².